The molecule has 1 nitrogen and oxygen atoms in total. The number of hydrogen-bond acceptors (Lipinski definition) is 1. The Hall–Kier alpha value is -3.36. The van der Waals surface area contributed by atoms with Crippen LogP contribution < -0.4 is 5.22 Å². The van der Waals surface area contributed by atoms with Crippen molar-refractivity contribution in [3.63, 3.8) is 0 Å². The van der Waals surface area contributed by atoms with E-state index in [0.29, 0.717) is 9.13 Å². The van der Waals surface area contributed by atoms with Crippen molar-refractivity contribution in [1.29, 1.82) is 0 Å². The highest BCUT2D eigenvalue weighted by atomic mass is 28.2. The minimum atomic E-state index is -0.331. The van der Waals surface area contributed by atoms with E-state index in [-0.39, 0.29) is 5.41 Å². The summed E-state index contributed by atoms with van der Waals surface area (Å²) in [6.45, 7) is 0. The molecule has 2 heterocycles. The standard InChI is InChI=1S/C27H18NSi/c1-2-10-20(11-3-1)27(21-17-19-9-4-6-13-23(19)28-18-21)16-8-15-25-26(27)22-12-5-7-14-24(22)29-25/h1-18H. The lowest BCUT2D eigenvalue weighted by Crippen LogP contribution is -2.32. The first-order valence-corrected chi connectivity index (χ1v) is 10.9. The molecule has 1 unspecified atom stereocenters. The van der Waals surface area contributed by atoms with E-state index < -0.39 is 0 Å². The summed E-state index contributed by atoms with van der Waals surface area (Å²) in [6, 6.07) is 30.4. The Balaban J connectivity index is 1.76. The third-order valence-electron chi connectivity index (χ3n) is 6.01. The zero-order valence-electron chi connectivity index (χ0n) is 15.8. The minimum Gasteiger partial charge on any atom is -0.256 e. The van der Waals surface area contributed by atoms with Crippen LogP contribution in [0.2, 0.25) is 0 Å². The largest absolute Gasteiger partial charge is 0.256 e. The van der Waals surface area contributed by atoms with Gasteiger partial charge in [-0.05, 0) is 44.1 Å². The summed E-state index contributed by atoms with van der Waals surface area (Å²) in [5.41, 5.74) is 4.63. The summed E-state index contributed by atoms with van der Waals surface area (Å²) >= 11 is 0. The molecule has 1 aromatic heterocycles. The zero-order valence-corrected chi connectivity index (χ0v) is 16.8. The Labute approximate surface area is 171 Å². The predicted octanol–water partition coefficient (Wildman–Crippen LogP) is 4.79. The van der Waals surface area contributed by atoms with Crippen molar-refractivity contribution >= 4 is 25.6 Å². The monoisotopic (exact) mass is 384 g/mol. The molecule has 29 heavy (non-hydrogen) atoms. The fourth-order valence-electron chi connectivity index (χ4n) is 4.72. The molecule has 0 spiro atoms. The van der Waals surface area contributed by atoms with Crippen molar-refractivity contribution in [1.82, 2.24) is 4.98 Å². The second kappa shape index (κ2) is 6.33. The van der Waals surface area contributed by atoms with Crippen LogP contribution in [0, 0.1) is 4.81 Å². The molecular formula is C27H18NSi. The van der Waals surface area contributed by atoms with Crippen molar-refractivity contribution in [2.45, 2.75) is 5.41 Å². The van der Waals surface area contributed by atoms with Crippen LogP contribution in [0.4, 0.5) is 0 Å². The fourth-order valence-corrected chi connectivity index (χ4v) is 6.17. The van der Waals surface area contributed by atoms with Crippen LogP contribution >= 0.6 is 0 Å². The number of nitrogens with zero attached hydrogens (tertiary/aromatic N) is 1. The fraction of sp³-hybridized carbons (Fsp3) is 0.0370. The van der Waals surface area contributed by atoms with Crippen molar-refractivity contribution < 1.29 is 0 Å². The molecule has 6 rings (SSSR count). The number of para-hydroxylation sites is 1. The van der Waals surface area contributed by atoms with Crippen molar-refractivity contribution in [3.05, 3.63) is 136 Å². The molecule has 3 aromatic carbocycles. The van der Waals surface area contributed by atoms with Gasteiger partial charge in [0.25, 0.3) is 0 Å². The zero-order chi connectivity index (χ0) is 19.3. The van der Waals surface area contributed by atoms with Gasteiger partial charge in [-0.3, -0.25) is 4.98 Å². The lowest BCUT2D eigenvalue weighted by molar-refractivity contribution is 0.827. The van der Waals surface area contributed by atoms with Crippen LogP contribution in [0.25, 0.3) is 16.5 Å². The van der Waals surface area contributed by atoms with Crippen LogP contribution in [0.1, 0.15) is 11.1 Å². The predicted molar refractivity (Wildman–Crippen MR) is 120 cm³/mol. The molecule has 135 valence electrons. The van der Waals surface area contributed by atoms with Crippen LogP contribution in [-0.2, 0) is 5.41 Å². The Kier molecular flexibility index (Phi) is 3.62. The first-order chi connectivity index (χ1) is 14.4. The maximum atomic E-state index is 4.83. The second-order valence-corrected chi connectivity index (χ2v) is 8.90. The highest BCUT2D eigenvalue weighted by Crippen LogP contribution is 2.46. The van der Waals surface area contributed by atoms with Gasteiger partial charge in [0.15, 0.2) is 0 Å². The third-order valence-corrected chi connectivity index (χ3v) is 7.40. The average molecular weight is 385 g/mol. The topological polar surface area (TPSA) is 12.9 Å². The highest BCUT2D eigenvalue weighted by Gasteiger charge is 2.40. The van der Waals surface area contributed by atoms with Gasteiger partial charge in [0.05, 0.1) is 20.1 Å². The number of pyridine rings is 1. The number of benzene rings is 3. The lowest BCUT2D eigenvalue weighted by Gasteiger charge is -2.36. The van der Waals surface area contributed by atoms with E-state index in [9.17, 15) is 0 Å². The van der Waals surface area contributed by atoms with Gasteiger partial charge >= 0.3 is 0 Å². The maximum absolute atomic E-state index is 4.83. The van der Waals surface area contributed by atoms with E-state index in [0.717, 1.165) is 5.52 Å². The molecule has 0 amide bonds. The molecule has 1 aliphatic heterocycles. The van der Waals surface area contributed by atoms with Gasteiger partial charge in [-0.15, -0.1) is 0 Å². The summed E-state index contributed by atoms with van der Waals surface area (Å²) in [4.78, 5) is 6.27. The van der Waals surface area contributed by atoms with E-state index in [4.69, 9.17) is 4.98 Å². The van der Waals surface area contributed by atoms with Gasteiger partial charge < -0.3 is 0 Å². The molecule has 1 radical (unpaired) electrons. The molecule has 2 aliphatic rings. The Bertz CT molecular complexity index is 1450. The molecule has 0 N–H and O–H groups in total. The molecule has 2 heteroatoms. The minimum absolute atomic E-state index is 0.331. The van der Waals surface area contributed by atoms with Crippen LogP contribution in [0.15, 0.2) is 115 Å². The third kappa shape index (κ3) is 2.39. The molecule has 0 saturated carbocycles. The molecule has 0 bridgehead atoms. The summed E-state index contributed by atoms with van der Waals surface area (Å²) < 4.78 is 0. The van der Waals surface area contributed by atoms with Gasteiger partial charge in [0.1, 0.15) is 0 Å². The second-order valence-electron chi connectivity index (χ2n) is 7.58. The van der Waals surface area contributed by atoms with Crippen molar-refractivity contribution in [2.24, 2.45) is 0 Å². The molecule has 4 aromatic rings. The summed E-state index contributed by atoms with van der Waals surface area (Å²) in [6.07, 6.45) is 8.96. The van der Waals surface area contributed by atoms with E-state index >= 15 is 0 Å². The Morgan fingerprint density at radius 1 is 0.759 bits per heavy atom. The van der Waals surface area contributed by atoms with E-state index in [1.54, 1.807) is 0 Å². The first-order valence-electron chi connectivity index (χ1n) is 9.91. The Morgan fingerprint density at radius 3 is 2.48 bits per heavy atom. The number of aromatic nitrogens is 1. The quantitative estimate of drug-likeness (QED) is 0.453. The van der Waals surface area contributed by atoms with Gasteiger partial charge in [-0.25, -0.2) is 0 Å². The van der Waals surface area contributed by atoms with Crippen molar-refractivity contribution in [2.75, 3.05) is 0 Å². The van der Waals surface area contributed by atoms with Crippen LogP contribution in [0.5, 0.6) is 0 Å². The Morgan fingerprint density at radius 2 is 1.55 bits per heavy atom. The number of fused-ring (bicyclic) bond motifs is 3. The van der Waals surface area contributed by atoms with Gasteiger partial charge in [-0.2, -0.15) is 0 Å². The van der Waals surface area contributed by atoms with E-state index in [2.05, 4.69) is 103 Å². The SMILES string of the molecule is C1=CC(c2ccccc2)(c2cnc3ccccc3c2)C2=c3ccccc3=[Si]C2=C1. The smallest absolute Gasteiger partial charge is 0.0702 e. The summed E-state index contributed by atoms with van der Waals surface area (Å²) in [5, 5.41) is 3.99. The molecule has 1 aliphatic carbocycles. The summed E-state index contributed by atoms with van der Waals surface area (Å²) in [5.74, 6) is 0. The first kappa shape index (κ1) is 16.6. The van der Waals surface area contributed by atoms with Gasteiger partial charge in [0.2, 0.25) is 0 Å². The number of hydrogen-bond donors (Lipinski definition) is 0. The average Bonchev–Trinajstić information content (AvgIpc) is 3.18. The van der Waals surface area contributed by atoms with Gasteiger partial charge in [-0.1, -0.05) is 91.0 Å². The molecule has 0 fully saturated rings. The maximum Gasteiger partial charge on any atom is 0.0702 e. The number of allylic oxidation sites excluding steroid dienone is 4. The lowest BCUT2D eigenvalue weighted by atomic mass is 9.67. The van der Waals surface area contributed by atoms with Crippen LogP contribution in [0.3, 0.4) is 0 Å². The van der Waals surface area contributed by atoms with E-state index in [1.807, 2.05) is 6.07 Å². The van der Waals surface area contributed by atoms with Crippen LogP contribution in [-0.4, -0.2) is 14.1 Å². The molecule has 0 saturated heterocycles. The highest BCUT2D eigenvalue weighted by molar-refractivity contribution is 6.45. The molecule has 1 atom stereocenters. The summed E-state index contributed by atoms with van der Waals surface area (Å²) in [7, 11) is 0.699. The van der Waals surface area contributed by atoms with E-state index in [1.165, 1.54) is 37.3 Å². The molecular weight excluding hydrogens is 366 g/mol. The van der Waals surface area contributed by atoms with Crippen molar-refractivity contribution in [3.8, 4) is 0 Å². The number of rotatable bonds is 2. The van der Waals surface area contributed by atoms with Gasteiger partial charge in [0, 0.05) is 11.6 Å². The normalized spacial score (nSPS) is 19.4.